The van der Waals surface area contributed by atoms with Crippen molar-refractivity contribution in [1.29, 1.82) is 0 Å². The molecule has 0 amide bonds. The van der Waals surface area contributed by atoms with Gasteiger partial charge in [0, 0.05) is 18.1 Å². The molecule has 0 saturated carbocycles. The van der Waals surface area contributed by atoms with E-state index >= 15 is 0 Å². The van der Waals surface area contributed by atoms with Crippen LogP contribution in [0.1, 0.15) is 47.3 Å². The van der Waals surface area contributed by atoms with Crippen molar-refractivity contribution < 1.29 is 9.53 Å². The molecule has 1 aromatic heterocycles. The van der Waals surface area contributed by atoms with Crippen molar-refractivity contribution >= 4 is 16.9 Å². The van der Waals surface area contributed by atoms with Crippen LogP contribution in [-0.2, 0) is 18.2 Å². The lowest BCUT2D eigenvalue weighted by Crippen LogP contribution is -2.10. The van der Waals surface area contributed by atoms with Gasteiger partial charge >= 0.3 is 5.97 Å². The molecule has 1 unspecified atom stereocenters. The first kappa shape index (κ1) is 12.3. The van der Waals surface area contributed by atoms with Gasteiger partial charge in [0.25, 0.3) is 0 Å². The van der Waals surface area contributed by atoms with Gasteiger partial charge in [0.05, 0.1) is 18.2 Å². The monoisotopic (exact) mass is 257 g/mol. The van der Waals surface area contributed by atoms with E-state index in [1.807, 2.05) is 12.1 Å². The molecule has 0 aliphatic heterocycles. The smallest absolute Gasteiger partial charge is 0.340 e. The highest BCUT2D eigenvalue weighted by Gasteiger charge is 2.25. The van der Waals surface area contributed by atoms with Crippen molar-refractivity contribution in [3.05, 3.63) is 35.0 Å². The van der Waals surface area contributed by atoms with Gasteiger partial charge in [-0.3, -0.25) is 0 Å². The molecule has 1 aromatic carbocycles. The first-order valence-electron chi connectivity index (χ1n) is 6.83. The first-order chi connectivity index (χ1) is 9.15. The zero-order valence-corrected chi connectivity index (χ0v) is 11.7. The van der Waals surface area contributed by atoms with Crippen LogP contribution in [0.25, 0.3) is 10.9 Å². The Morgan fingerprint density at radius 3 is 2.95 bits per heavy atom. The molecule has 0 N–H and O–H groups in total. The molecular weight excluding hydrogens is 238 g/mol. The van der Waals surface area contributed by atoms with E-state index in [4.69, 9.17) is 4.74 Å². The fourth-order valence-corrected chi connectivity index (χ4v) is 3.50. The van der Waals surface area contributed by atoms with E-state index in [2.05, 4.69) is 24.6 Å². The van der Waals surface area contributed by atoms with Crippen LogP contribution in [-0.4, -0.2) is 17.6 Å². The summed E-state index contributed by atoms with van der Waals surface area (Å²) in [7, 11) is 3.50. The van der Waals surface area contributed by atoms with E-state index in [0.29, 0.717) is 11.5 Å². The SMILES string of the molecule is COC(=O)c1cccc2c3c(n(C)c12)C(C)CCC3. The lowest BCUT2D eigenvalue weighted by Gasteiger charge is -2.20. The van der Waals surface area contributed by atoms with E-state index in [-0.39, 0.29) is 5.97 Å². The minimum absolute atomic E-state index is 0.254. The molecule has 3 rings (SSSR count). The van der Waals surface area contributed by atoms with Crippen LogP contribution < -0.4 is 0 Å². The predicted molar refractivity (Wildman–Crippen MR) is 75.6 cm³/mol. The molecule has 0 radical (unpaired) electrons. The molecule has 0 bridgehead atoms. The molecule has 3 heteroatoms. The van der Waals surface area contributed by atoms with Crippen molar-refractivity contribution in [3.8, 4) is 0 Å². The normalized spacial score (nSPS) is 18.4. The van der Waals surface area contributed by atoms with Crippen LogP contribution in [0.5, 0.6) is 0 Å². The number of aromatic nitrogens is 1. The summed E-state index contributed by atoms with van der Waals surface area (Å²) >= 11 is 0. The number of rotatable bonds is 1. The van der Waals surface area contributed by atoms with Gasteiger partial charge in [0.15, 0.2) is 0 Å². The lowest BCUT2D eigenvalue weighted by atomic mass is 9.88. The number of aryl methyl sites for hydroxylation is 2. The number of esters is 1. The second-order valence-electron chi connectivity index (χ2n) is 5.41. The highest BCUT2D eigenvalue weighted by molar-refractivity contribution is 6.04. The number of carbonyl (C=O) groups is 1. The maximum atomic E-state index is 11.9. The second-order valence-corrected chi connectivity index (χ2v) is 5.41. The van der Waals surface area contributed by atoms with Crippen LogP contribution in [0.2, 0.25) is 0 Å². The Morgan fingerprint density at radius 1 is 1.42 bits per heavy atom. The third kappa shape index (κ3) is 1.68. The first-order valence-corrected chi connectivity index (χ1v) is 6.83. The van der Waals surface area contributed by atoms with E-state index < -0.39 is 0 Å². The molecule has 1 atom stereocenters. The molecule has 0 fully saturated rings. The van der Waals surface area contributed by atoms with Gasteiger partial charge in [-0.25, -0.2) is 4.79 Å². The summed E-state index contributed by atoms with van der Waals surface area (Å²) < 4.78 is 7.10. The average molecular weight is 257 g/mol. The highest BCUT2D eigenvalue weighted by atomic mass is 16.5. The Balaban J connectivity index is 2.36. The van der Waals surface area contributed by atoms with Gasteiger partial charge in [-0.2, -0.15) is 0 Å². The van der Waals surface area contributed by atoms with Gasteiger partial charge in [-0.1, -0.05) is 19.1 Å². The molecule has 100 valence electrons. The zero-order valence-electron chi connectivity index (χ0n) is 11.7. The second kappa shape index (κ2) is 4.41. The summed E-state index contributed by atoms with van der Waals surface area (Å²) in [6.07, 6.45) is 3.57. The summed E-state index contributed by atoms with van der Waals surface area (Å²) in [5.41, 5.74) is 4.50. The van der Waals surface area contributed by atoms with E-state index in [1.54, 1.807) is 0 Å². The predicted octanol–water partition coefficient (Wildman–Crippen LogP) is 3.40. The summed E-state index contributed by atoms with van der Waals surface area (Å²) in [4.78, 5) is 11.9. The Labute approximate surface area is 113 Å². The Kier molecular flexibility index (Phi) is 2.85. The van der Waals surface area contributed by atoms with Crippen molar-refractivity contribution in [1.82, 2.24) is 4.57 Å². The standard InChI is InChI=1S/C16H19NO2/c1-10-6-4-7-11-12-8-5-9-13(16(18)19-3)15(12)17(2)14(10)11/h5,8-10H,4,6-7H2,1-3H3. The summed E-state index contributed by atoms with van der Waals surface area (Å²) in [5.74, 6) is 0.308. The minimum Gasteiger partial charge on any atom is -0.465 e. The molecule has 3 nitrogen and oxygen atoms in total. The number of ether oxygens (including phenoxy) is 1. The quantitative estimate of drug-likeness (QED) is 0.733. The Morgan fingerprint density at radius 2 is 2.21 bits per heavy atom. The number of fused-ring (bicyclic) bond motifs is 3. The molecule has 0 spiro atoms. The Hall–Kier alpha value is -1.77. The maximum Gasteiger partial charge on any atom is 0.340 e. The van der Waals surface area contributed by atoms with Gasteiger partial charge < -0.3 is 9.30 Å². The molecule has 2 aromatic rings. The number of benzene rings is 1. The summed E-state index contributed by atoms with van der Waals surface area (Å²) in [6.45, 7) is 2.27. The number of carbonyl (C=O) groups excluding carboxylic acids is 1. The van der Waals surface area contributed by atoms with Gasteiger partial charge in [0.2, 0.25) is 0 Å². The van der Waals surface area contributed by atoms with E-state index in [9.17, 15) is 4.79 Å². The molecular formula is C16H19NO2. The van der Waals surface area contributed by atoms with E-state index in [1.165, 1.54) is 36.6 Å². The van der Waals surface area contributed by atoms with Crippen LogP contribution in [0.4, 0.5) is 0 Å². The number of hydrogen-bond acceptors (Lipinski definition) is 2. The van der Waals surface area contributed by atoms with E-state index in [0.717, 1.165) is 11.9 Å². The van der Waals surface area contributed by atoms with Crippen molar-refractivity contribution in [2.45, 2.75) is 32.1 Å². The fourth-order valence-electron chi connectivity index (χ4n) is 3.50. The number of hydrogen-bond donors (Lipinski definition) is 0. The van der Waals surface area contributed by atoms with Crippen molar-refractivity contribution in [2.75, 3.05) is 7.11 Å². The summed E-state index contributed by atoms with van der Waals surface area (Å²) in [5, 5.41) is 1.21. The van der Waals surface area contributed by atoms with Gasteiger partial charge in [0.1, 0.15) is 0 Å². The number of nitrogens with zero attached hydrogens (tertiary/aromatic N) is 1. The minimum atomic E-state index is -0.254. The Bertz CT molecular complexity index is 654. The van der Waals surface area contributed by atoms with Crippen LogP contribution >= 0.6 is 0 Å². The molecule has 1 heterocycles. The third-order valence-corrected chi connectivity index (χ3v) is 4.30. The van der Waals surface area contributed by atoms with Crippen LogP contribution in [0.3, 0.4) is 0 Å². The number of para-hydroxylation sites is 1. The van der Waals surface area contributed by atoms with Crippen LogP contribution in [0.15, 0.2) is 18.2 Å². The van der Waals surface area contributed by atoms with Crippen LogP contribution in [0, 0.1) is 0 Å². The number of methoxy groups -OCH3 is 1. The zero-order chi connectivity index (χ0) is 13.6. The van der Waals surface area contributed by atoms with Gasteiger partial charge in [-0.15, -0.1) is 0 Å². The molecule has 19 heavy (non-hydrogen) atoms. The topological polar surface area (TPSA) is 31.2 Å². The fraction of sp³-hybridized carbons (Fsp3) is 0.438. The third-order valence-electron chi connectivity index (χ3n) is 4.30. The summed E-state index contributed by atoms with van der Waals surface area (Å²) in [6, 6.07) is 5.93. The lowest BCUT2D eigenvalue weighted by molar-refractivity contribution is 0.0602. The van der Waals surface area contributed by atoms with Crippen molar-refractivity contribution in [2.24, 2.45) is 7.05 Å². The average Bonchev–Trinajstić information content (AvgIpc) is 2.73. The largest absolute Gasteiger partial charge is 0.465 e. The highest BCUT2D eigenvalue weighted by Crippen LogP contribution is 2.38. The van der Waals surface area contributed by atoms with Crippen molar-refractivity contribution in [3.63, 3.8) is 0 Å². The van der Waals surface area contributed by atoms with Gasteiger partial charge in [-0.05, 0) is 36.8 Å². The molecule has 1 aliphatic carbocycles. The maximum absolute atomic E-state index is 11.9. The molecule has 1 aliphatic rings. The molecule has 0 saturated heterocycles.